The highest BCUT2D eigenvalue weighted by molar-refractivity contribution is 6.04. The first-order valence-electron chi connectivity index (χ1n) is 11.3. The van der Waals surface area contributed by atoms with E-state index in [1.807, 2.05) is 0 Å². The van der Waals surface area contributed by atoms with Crippen LogP contribution in [-0.4, -0.2) is 40.7 Å². The molecule has 2 bridgehead atoms. The Labute approximate surface area is 199 Å². The van der Waals surface area contributed by atoms with Crippen LogP contribution in [0.4, 0.5) is 23.2 Å². The van der Waals surface area contributed by atoms with Crippen molar-refractivity contribution in [3.8, 4) is 0 Å². The Balaban J connectivity index is 1.55. The number of halogens is 4. The Morgan fingerprint density at radius 2 is 1.60 bits per heavy atom. The topological polar surface area (TPSA) is 78.5 Å². The summed E-state index contributed by atoms with van der Waals surface area (Å²) >= 11 is 0. The summed E-state index contributed by atoms with van der Waals surface area (Å²) < 4.78 is 58.7. The maximum Gasteiger partial charge on any atom is 0.352 e. The molecule has 6 nitrogen and oxygen atoms in total. The Bertz CT molecular complexity index is 1170. The number of benzene rings is 2. The summed E-state index contributed by atoms with van der Waals surface area (Å²) in [5.41, 5.74) is -0.949. The van der Waals surface area contributed by atoms with Crippen LogP contribution in [0.25, 0.3) is 0 Å². The van der Waals surface area contributed by atoms with E-state index in [4.69, 9.17) is 0 Å². The summed E-state index contributed by atoms with van der Waals surface area (Å²) in [4.78, 5) is 38.1. The van der Waals surface area contributed by atoms with Gasteiger partial charge in [0.1, 0.15) is 11.6 Å². The lowest BCUT2D eigenvalue weighted by molar-refractivity contribution is -0.164. The summed E-state index contributed by atoms with van der Waals surface area (Å²) in [7, 11) is 0. The van der Waals surface area contributed by atoms with E-state index >= 15 is 8.78 Å². The smallest absolute Gasteiger partial charge is 0.352 e. The fourth-order valence-electron chi connectivity index (χ4n) is 5.02. The van der Waals surface area contributed by atoms with Gasteiger partial charge in [0.25, 0.3) is 11.8 Å². The largest absolute Gasteiger partial charge is 0.353 e. The van der Waals surface area contributed by atoms with E-state index in [9.17, 15) is 23.2 Å². The SMILES string of the molecule is CC(=O)N[C@H]1C[C@H]2CC[C@@H](C1)N2C(=O)C(F)(F)c1cc(C(=O)Nc2ccc(F)c(C)c2)ccc1F. The number of nitrogens with zero attached hydrogens (tertiary/aromatic N) is 1. The summed E-state index contributed by atoms with van der Waals surface area (Å²) in [6.45, 7) is 2.87. The van der Waals surface area contributed by atoms with Gasteiger partial charge in [0, 0.05) is 36.3 Å². The van der Waals surface area contributed by atoms with Gasteiger partial charge in [-0.25, -0.2) is 8.78 Å². The average Bonchev–Trinajstić information content (AvgIpc) is 3.05. The molecule has 2 aliphatic rings. The predicted octanol–water partition coefficient (Wildman–Crippen LogP) is 4.28. The zero-order valence-electron chi connectivity index (χ0n) is 19.2. The van der Waals surface area contributed by atoms with Crippen molar-refractivity contribution in [3.63, 3.8) is 0 Å². The van der Waals surface area contributed by atoms with Gasteiger partial charge in [0.05, 0.1) is 5.56 Å². The van der Waals surface area contributed by atoms with E-state index in [1.165, 1.54) is 26.0 Å². The number of hydrogen-bond donors (Lipinski definition) is 2. The third-order valence-electron chi connectivity index (χ3n) is 6.63. The van der Waals surface area contributed by atoms with Gasteiger partial charge in [0.15, 0.2) is 0 Å². The molecule has 0 radical (unpaired) electrons. The van der Waals surface area contributed by atoms with Crippen molar-refractivity contribution < 1.29 is 31.9 Å². The van der Waals surface area contributed by atoms with Gasteiger partial charge >= 0.3 is 5.92 Å². The quantitative estimate of drug-likeness (QED) is 0.613. The Kier molecular flexibility index (Phi) is 6.57. The van der Waals surface area contributed by atoms with Crippen LogP contribution < -0.4 is 10.6 Å². The monoisotopic (exact) mass is 491 g/mol. The predicted molar refractivity (Wildman–Crippen MR) is 120 cm³/mol. The first kappa shape index (κ1) is 24.7. The van der Waals surface area contributed by atoms with Crippen molar-refractivity contribution in [1.82, 2.24) is 10.2 Å². The maximum atomic E-state index is 15.4. The molecule has 0 saturated carbocycles. The minimum Gasteiger partial charge on any atom is -0.353 e. The Morgan fingerprint density at radius 3 is 2.20 bits per heavy atom. The van der Waals surface area contributed by atoms with Crippen LogP contribution in [0.3, 0.4) is 0 Å². The number of carbonyl (C=O) groups is 3. The Morgan fingerprint density at radius 1 is 0.971 bits per heavy atom. The third kappa shape index (κ3) is 4.87. The molecule has 2 N–H and O–H groups in total. The number of rotatable bonds is 5. The number of piperidine rings is 1. The molecule has 3 amide bonds. The summed E-state index contributed by atoms with van der Waals surface area (Å²) in [5.74, 6) is -8.53. The second kappa shape index (κ2) is 9.31. The number of anilines is 1. The molecule has 2 aliphatic heterocycles. The van der Waals surface area contributed by atoms with Crippen molar-refractivity contribution in [2.75, 3.05) is 5.32 Å². The first-order chi connectivity index (χ1) is 16.5. The number of fused-ring (bicyclic) bond motifs is 2. The van der Waals surface area contributed by atoms with Gasteiger partial charge in [-0.3, -0.25) is 14.4 Å². The van der Waals surface area contributed by atoms with Crippen LogP contribution in [0, 0.1) is 18.6 Å². The molecule has 0 unspecified atom stereocenters. The molecule has 2 saturated heterocycles. The van der Waals surface area contributed by atoms with Gasteiger partial charge in [0.2, 0.25) is 5.91 Å². The molecule has 2 heterocycles. The average molecular weight is 491 g/mol. The molecule has 4 rings (SSSR count). The van der Waals surface area contributed by atoms with E-state index in [0.717, 1.165) is 23.1 Å². The highest BCUT2D eigenvalue weighted by Crippen LogP contribution is 2.41. The summed E-state index contributed by atoms with van der Waals surface area (Å²) in [5, 5.41) is 5.24. The molecular formula is C25H25F4N3O3. The second-order valence-electron chi connectivity index (χ2n) is 9.15. The molecule has 3 atom stereocenters. The van der Waals surface area contributed by atoms with Gasteiger partial charge in [-0.1, -0.05) is 0 Å². The molecule has 186 valence electrons. The molecule has 2 aromatic carbocycles. The van der Waals surface area contributed by atoms with E-state index in [-0.39, 0.29) is 28.8 Å². The molecule has 35 heavy (non-hydrogen) atoms. The lowest BCUT2D eigenvalue weighted by Gasteiger charge is -2.40. The van der Waals surface area contributed by atoms with E-state index < -0.39 is 47.0 Å². The van der Waals surface area contributed by atoms with Crippen LogP contribution >= 0.6 is 0 Å². The standard InChI is InChI=1S/C25H25F4N3O3/c1-13-9-16(4-8-21(13)26)31-23(34)15-3-7-22(27)20(10-15)25(28,29)24(35)32-18-5-6-19(32)12-17(11-18)30-14(2)33/h3-4,7-10,17-19H,5-6,11-12H2,1-2H3,(H,30,33)(H,31,34)/t17-,18+,19-. The minimum absolute atomic E-state index is 0.207. The lowest BCUT2D eigenvalue weighted by atomic mass is 9.95. The molecule has 2 fully saturated rings. The number of hydrogen-bond acceptors (Lipinski definition) is 3. The van der Waals surface area contributed by atoms with Crippen LogP contribution in [0.5, 0.6) is 0 Å². The highest BCUT2D eigenvalue weighted by Gasteiger charge is 2.53. The number of aryl methyl sites for hydroxylation is 1. The van der Waals surface area contributed by atoms with Crippen LogP contribution in [-0.2, 0) is 15.5 Å². The minimum atomic E-state index is -4.20. The molecular weight excluding hydrogens is 466 g/mol. The van der Waals surface area contributed by atoms with Crippen molar-refractivity contribution in [3.05, 3.63) is 64.7 Å². The van der Waals surface area contributed by atoms with Crippen molar-refractivity contribution in [1.29, 1.82) is 0 Å². The number of alkyl halides is 2. The van der Waals surface area contributed by atoms with E-state index in [2.05, 4.69) is 10.6 Å². The lowest BCUT2D eigenvalue weighted by Crippen LogP contribution is -2.55. The zero-order valence-corrected chi connectivity index (χ0v) is 19.2. The van der Waals surface area contributed by atoms with Crippen LogP contribution in [0.1, 0.15) is 54.1 Å². The second-order valence-corrected chi connectivity index (χ2v) is 9.15. The molecule has 10 heteroatoms. The van der Waals surface area contributed by atoms with Crippen molar-refractivity contribution in [2.45, 2.75) is 63.6 Å². The first-order valence-corrected chi connectivity index (χ1v) is 11.3. The maximum absolute atomic E-state index is 15.4. The van der Waals surface area contributed by atoms with Crippen LogP contribution in [0.15, 0.2) is 36.4 Å². The number of amides is 3. The number of carbonyl (C=O) groups excluding carboxylic acids is 3. The van der Waals surface area contributed by atoms with Gasteiger partial charge < -0.3 is 15.5 Å². The molecule has 0 spiro atoms. The summed E-state index contributed by atoms with van der Waals surface area (Å²) in [6, 6.07) is 5.08. The van der Waals surface area contributed by atoms with E-state index in [1.54, 1.807) is 0 Å². The fraction of sp³-hybridized carbons (Fsp3) is 0.400. The normalized spacial score (nSPS) is 21.5. The third-order valence-corrected chi connectivity index (χ3v) is 6.63. The van der Waals surface area contributed by atoms with Crippen LogP contribution in [0.2, 0.25) is 0 Å². The summed E-state index contributed by atoms with van der Waals surface area (Å²) in [6.07, 6.45) is 1.73. The van der Waals surface area contributed by atoms with Gasteiger partial charge in [-0.2, -0.15) is 8.78 Å². The zero-order chi connectivity index (χ0) is 25.5. The van der Waals surface area contributed by atoms with Gasteiger partial charge in [-0.05, 0) is 74.6 Å². The van der Waals surface area contributed by atoms with E-state index in [0.29, 0.717) is 31.7 Å². The van der Waals surface area contributed by atoms with Crippen molar-refractivity contribution in [2.24, 2.45) is 0 Å². The fourth-order valence-corrected chi connectivity index (χ4v) is 5.02. The highest BCUT2D eigenvalue weighted by atomic mass is 19.3. The molecule has 2 aromatic rings. The Hall–Kier alpha value is -3.43. The molecule has 0 aromatic heterocycles. The molecule has 0 aliphatic carbocycles. The van der Waals surface area contributed by atoms with Crippen molar-refractivity contribution >= 4 is 23.4 Å². The number of nitrogens with one attached hydrogen (secondary N) is 2. The van der Waals surface area contributed by atoms with Gasteiger partial charge in [-0.15, -0.1) is 0 Å².